The summed E-state index contributed by atoms with van der Waals surface area (Å²) in [6.45, 7) is 5.14. The number of nitrogen functional groups attached to an aromatic ring is 1. The molecule has 172 valence electrons. The van der Waals surface area contributed by atoms with E-state index in [1.54, 1.807) is 12.3 Å². The molecule has 1 aromatic carbocycles. The number of benzene rings is 1. The van der Waals surface area contributed by atoms with Crippen LogP contribution in [0.15, 0.2) is 48.8 Å². The molecular weight excluding hydrogens is 419 g/mol. The molecule has 6 nitrogen and oxygen atoms in total. The average molecular weight is 449 g/mol. The molecule has 2 atom stereocenters. The van der Waals surface area contributed by atoms with Crippen molar-refractivity contribution in [2.24, 2.45) is 0 Å². The number of rotatable bonds is 4. The van der Waals surface area contributed by atoms with E-state index in [1.807, 2.05) is 6.07 Å². The van der Waals surface area contributed by atoms with E-state index >= 15 is 0 Å². The molecule has 0 radical (unpaired) electrons. The van der Waals surface area contributed by atoms with E-state index < -0.39 is 5.95 Å². The van der Waals surface area contributed by atoms with Crippen LogP contribution in [0, 0.1) is 5.95 Å². The molecule has 2 aromatic heterocycles. The van der Waals surface area contributed by atoms with Crippen LogP contribution >= 0.6 is 0 Å². The van der Waals surface area contributed by atoms with Crippen LogP contribution in [0.25, 0.3) is 22.3 Å². The minimum atomic E-state index is -0.544. The zero-order valence-corrected chi connectivity index (χ0v) is 18.8. The molecule has 0 aliphatic carbocycles. The maximum absolute atomic E-state index is 13.7. The number of hydrogen-bond acceptors (Lipinski definition) is 6. The van der Waals surface area contributed by atoms with E-state index in [2.05, 4.69) is 40.4 Å². The predicted octanol–water partition coefficient (Wildman–Crippen LogP) is 4.48. The molecular formula is C26H29FN4O2. The van der Waals surface area contributed by atoms with E-state index in [9.17, 15) is 4.39 Å². The molecule has 3 N–H and O–H groups in total. The molecule has 0 unspecified atom stereocenters. The Kier molecular flexibility index (Phi) is 6.35. The Morgan fingerprint density at radius 2 is 1.85 bits per heavy atom. The molecule has 4 heterocycles. The first kappa shape index (κ1) is 21.9. The summed E-state index contributed by atoms with van der Waals surface area (Å²) in [5, 5.41) is 3.66. The van der Waals surface area contributed by atoms with Crippen LogP contribution in [0.3, 0.4) is 0 Å². The molecule has 2 saturated heterocycles. The fourth-order valence-electron chi connectivity index (χ4n) is 4.76. The van der Waals surface area contributed by atoms with Gasteiger partial charge in [-0.3, -0.25) is 0 Å². The van der Waals surface area contributed by atoms with Gasteiger partial charge in [0.25, 0.3) is 0 Å². The molecule has 33 heavy (non-hydrogen) atoms. The van der Waals surface area contributed by atoms with Gasteiger partial charge in [0.15, 0.2) is 0 Å². The normalized spacial score (nSPS) is 21.8. The van der Waals surface area contributed by atoms with Crippen LogP contribution in [-0.4, -0.2) is 42.4 Å². The summed E-state index contributed by atoms with van der Waals surface area (Å²) in [5.74, 6) is 0.293. The van der Waals surface area contributed by atoms with E-state index in [4.69, 9.17) is 15.2 Å². The monoisotopic (exact) mass is 448 g/mol. The lowest BCUT2D eigenvalue weighted by atomic mass is 9.84. The van der Waals surface area contributed by atoms with Crippen molar-refractivity contribution in [2.75, 3.05) is 32.1 Å². The Balaban J connectivity index is 1.54. The number of aromatic nitrogens is 2. The topological polar surface area (TPSA) is 82.3 Å². The molecule has 2 aliphatic rings. The standard InChI is InChI=1S/C26H29FN4O2/c1-16-13-30-24(15-33-16)23-10-18(2-3-21(23)17-5-8-32-9-6-17)20-11-22(26(28)31-14-20)19-4-7-29-25(27)12-19/h2-4,7,10-12,14,16-17,24,30H,5-6,8-9,13,15H2,1H3,(H2,28,31)/t16-,24-/m0/s1. The molecule has 0 amide bonds. The highest BCUT2D eigenvalue weighted by molar-refractivity contribution is 5.79. The lowest BCUT2D eigenvalue weighted by Gasteiger charge is -2.33. The van der Waals surface area contributed by atoms with Crippen molar-refractivity contribution in [3.63, 3.8) is 0 Å². The highest BCUT2D eigenvalue weighted by Gasteiger charge is 2.26. The Hall–Kier alpha value is -2.87. The van der Waals surface area contributed by atoms with Crippen LogP contribution in [-0.2, 0) is 9.47 Å². The molecule has 0 saturated carbocycles. The second-order valence-corrected chi connectivity index (χ2v) is 8.86. The van der Waals surface area contributed by atoms with Crippen LogP contribution in [0.1, 0.15) is 42.9 Å². The number of anilines is 1. The average Bonchev–Trinajstić information content (AvgIpc) is 2.85. The highest BCUT2D eigenvalue weighted by atomic mass is 19.1. The van der Waals surface area contributed by atoms with Crippen molar-refractivity contribution in [2.45, 2.75) is 37.8 Å². The number of morpholine rings is 1. The highest BCUT2D eigenvalue weighted by Crippen LogP contribution is 2.37. The van der Waals surface area contributed by atoms with E-state index in [1.165, 1.54) is 23.4 Å². The van der Waals surface area contributed by atoms with Gasteiger partial charge in [0.05, 0.1) is 18.8 Å². The number of hydrogen-bond donors (Lipinski definition) is 2. The first-order valence-electron chi connectivity index (χ1n) is 11.5. The summed E-state index contributed by atoms with van der Waals surface area (Å²) < 4.78 is 25.3. The van der Waals surface area contributed by atoms with Crippen molar-refractivity contribution in [1.29, 1.82) is 0 Å². The minimum Gasteiger partial charge on any atom is -0.383 e. The lowest BCUT2D eigenvalue weighted by molar-refractivity contribution is 0.0144. The zero-order valence-electron chi connectivity index (χ0n) is 18.8. The van der Waals surface area contributed by atoms with Crippen LogP contribution in [0.5, 0.6) is 0 Å². The van der Waals surface area contributed by atoms with Gasteiger partial charge in [-0.05, 0) is 66.1 Å². The number of ether oxygens (including phenoxy) is 2. The van der Waals surface area contributed by atoms with Crippen LogP contribution in [0.2, 0.25) is 0 Å². The number of nitrogens with zero attached hydrogens (tertiary/aromatic N) is 2. The number of nitrogens with two attached hydrogens (primary N) is 1. The molecule has 2 aliphatic heterocycles. The third-order valence-corrected chi connectivity index (χ3v) is 6.61. The van der Waals surface area contributed by atoms with E-state index in [0.717, 1.165) is 43.7 Å². The smallest absolute Gasteiger partial charge is 0.213 e. The van der Waals surface area contributed by atoms with Gasteiger partial charge in [-0.2, -0.15) is 4.39 Å². The van der Waals surface area contributed by atoms with Crippen molar-refractivity contribution in [1.82, 2.24) is 15.3 Å². The van der Waals surface area contributed by atoms with Crippen molar-refractivity contribution in [3.05, 3.63) is 65.9 Å². The maximum atomic E-state index is 13.7. The first-order valence-corrected chi connectivity index (χ1v) is 11.5. The second kappa shape index (κ2) is 9.55. The third kappa shape index (κ3) is 4.76. The van der Waals surface area contributed by atoms with Crippen LogP contribution < -0.4 is 11.1 Å². The lowest BCUT2D eigenvalue weighted by Crippen LogP contribution is -2.40. The quantitative estimate of drug-likeness (QED) is 0.573. The van der Waals surface area contributed by atoms with Gasteiger partial charge in [-0.15, -0.1) is 0 Å². The van der Waals surface area contributed by atoms with Gasteiger partial charge < -0.3 is 20.5 Å². The Morgan fingerprint density at radius 1 is 1.00 bits per heavy atom. The zero-order chi connectivity index (χ0) is 22.8. The van der Waals surface area contributed by atoms with Gasteiger partial charge >= 0.3 is 0 Å². The van der Waals surface area contributed by atoms with E-state index in [-0.39, 0.29) is 12.1 Å². The largest absolute Gasteiger partial charge is 0.383 e. The summed E-state index contributed by atoms with van der Waals surface area (Å²) in [5.41, 5.74) is 12.1. The fourth-order valence-corrected chi connectivity index (χ4v) is 4.76. The minimum absolute atomic E-state index is 0.134. The number of pyridine rings is 2. The fraction of sp³-hybridized carbons (Fsp3) is 0.385. The number of nitrogens with one attached hydrogen (secondary N) is 1. The Bertz CT molecular complexity index is 1130. The molecule has 0 bridgehead atoms. The van der Waals surface area contributed by atoms with Gasteiger partial charge in [-0.25, -0.2) is 9.97 Å². The third-order valence-electron chi connectivity index (χ3n) is 6.61. The van der Waals surface area contributed by atoms with Crippen molar-refractivity contribution < 1.29 is 13.9 Å². The summed E-state index contributed by atoms with van der Waals surface area (Å²) >= 11 is 0. The van der Waals surface area contributed by atoms with Gasteiger partial charge in [-0.1, -0.05) is 12.1 Å². The summed E-state index contributed by atoms with van der Waals surface area (Å²) in [4.78, 5) is 8.05. The molecule has 7 heteroatoms. The van der Waals surface area contributed by atoms with Gasteiger partial charge in [0.1, 0.15) is 5.82 Å². The second-order valence-electron chi connectivity index (χ2n) is 8.86. The summed E-state index contributed by atoms with van der Waals surface area (Å²) in [7, 11) is 0. The summed E-state index contributed by atoms with van der Waals surface area (Å²) in [6, 6.07) is 11.8. The van der Waals surface area contributed by atoms with E-state index in [0.29, 0.717) is 29.5 Å². The molecule has 3 aromatic rings. The number of halogens is 1. The van der Waals surface area contributed by atoms with Gasteiger partial charge in [0.2, 0.25) is 5.95 Å². The Morgan fingerprint density at radius 3 is 2.61 bits per heavy atom. The SMILES string of the molecule is C[C@H]1CN[C@H](c2cc(-c3cnc(N)c(-c4ccnc(F)c4)c3)ccc2C2CCOCC2)CO1. The molecule has 5 rings (SSSR count). The maximum Gasteiger partial charge on any atom is 0.213 e. The molecule has 2 fully saturated rings. The molecule has 0 spiro atoms. The summed E-state index contributed by atoms with van der Waals surface area (Å²) in [6.07, 6.45) is 5.47. The predicted molar refractivity (Wildman–Crippen MR) is 126 cm³/mol. The van der Waals surface area contributed by atoms with Crippen molar-refractivity contribution in [3.8, 4) is 22.3 Å². The van der Waals surface area contributed by atoms with Crippen LogP contribution in [0.4, 0.5) is 10.2 Å². The van der Waals surface area contributed by atoms with Crippen molar-refractivity contribution >= 4 is 5.82 Å². The van der Waals surface area contributed by atoms with Gasteiger partial charge in [0, 0.05) is 49.3 Å². The first-order chi connectivity index (χ1) is 16.1. The Labute approximate surface area is 193 Å².